The summed E-state index contributed by atoms with van der Waals surface area (Å²) in [6.07, 6.45) is -4.50. The third kappa shape index (κ3) is 2.87. The van der Waals surface area contributed by atoms with E-state index in [0.717, 1.165) is 6.07 Å². The van der Waals surface area contributed by atoms with Gasteiger partial charge in [0.05, 0.1) is 21.6 Å². The summed E-state index contributed by atoms with van der Waals surface area (Å²) < 4.78 is 38.2. The lowest BCUT2D eigenvalue weighted by atomic mass is 10.0. The Labute approximate surface area is 133 Å². The molecule has 2 aromatic carbocycles. The minimum absolute atomic E-state index is 0.0163. The first-order chi connectivity index (χ1) is 10.8. The normalized spacial score (nSPS) is 11.8. The van der Waals surface area contributed by atoms with Crippen LogP contribution in [0.2, 0.25) is 5.02 Å². The van der Waals surface area contributed by atoms with Crippen LogP contribution in [-0.2, 0) is 6.18 Å². The molecule has 0 fully saturated rings. The summed E-state index contributed by atoms with van der Waals surface area (Å²) in [5, 5.41) is -0.380. The Bertz CT molecular complexity index is 918. The molecule has 1 amide bonds. The van der Waals surface area contributed by atoms with E-state index in [2.05, 4.69) is 9.97 Å². The highest BCUT2D eigenvalue weighted by molar-refractivity contribution is 6.31. The number of alkyl halides is 3. The first-order valence-electron chi connectivity index (χ1n) is 6.42. The van der Waals surface area contributed by atoms with Crippen LogP contribution in [0.25, 0.3) is 22.2 Å². The van der Waals surface area contributed by atoms with Gasteiger partial charge >= 0.3 is 6.18 Å². The summed E-state index contributed by atoms with van der Waals surface area (Å²) in [7, 11) is 0. The molecule has 8 heteroatoms. The number of rotatable bonds is 2. The standard InChI is InChI=1S/C15H9ClF3N3O/c16-10-5-7(1-3-9(10)15(17,18)19)8-2-4-11-12(6-8)22-14(21-11)13(20)23/h1-6H,(H2,20,23)(H,21,22). The third-order valence-corrected chi connectivity index (χ3v) is 3.64. The molecule has 0 unspecified atom stereocenters. The van der Waals surface area contributed by atoms with Gasteiger partial charge in [-0.1, -0.05) is 23.7 Å². The van der Waals surface area contributed by atoms with E-state index in [0.29, 0.717) is 22.2 Å². The highest BCUT2D eigenvalue weighted by atomic mass is 35.5. The van der Waals surface area contributed by atoms with Crippen molar-refractivity contribution in [1.82, 2.24) is 9.97 Å². The molecule has 3 aromatic rings. The predicted molar refractivity (Wildman–Crippen MR) is 80.1 cm³/mol. The molecule has 0 atom stereocenters. The average molecular weight is 340 g/mol. The molecule has 0 spiro atoms. The van der Waals surface area contributed by atoms with E-state index in [-0.39, 0.29) is 10.8 Å². The summed E-state index contributed by atoms with van der Waals surface area (Å²) in [5.41, 5.74) is 6.46. The summed E-state index contributed by atoms with van der Waals surface area (Å²) in [6, 6.07) is 8.49. The smallest absolute Gasteiger partial charge is 0.363 e. The number of hydrogen-bond donors (Lipinski definition) is 2. The lowest BCUT2D eigenvalue weighted by molar-refractivity contribution is -0.137. The Hall–Kier alpha value is -2.54. The Morgan fingerprint density at radius 2 is 1.78 bits per heavy atom. The first kappa shape index (κ1) is 15.4. The number of nitrogens with zero attached hydrogens (tertiary/aromatic N) is 1. The number of aromatic nitrogens is 2. The van der Waals surface area contributed by atoms with Crippen LogP contribution < -0.4 is 5.73 Å². The van der Waals surface area contributed by atoms with Crippen LogP contribution in [0, 0.1) is 0 Å². The molecular weight excluding hydrogens is 331 g/mol. The van der Waals surface area contributed by atoms with E-state index >= 15 is 0 Å². The zero-order chi connectivity index (χ0) is 16.8. The molecule has 0 saturated heterocycles. The van der Waals surface area contributed by atoms with E-state index in [1.807, 2.05) is 0 Å². The number of fused-ring (bicyclic) bond motifs is 1. The number of aromatic amines is 1. The quantitative estimate of drug-likeness (QED) is 0.740. The van der Waals surface area contributed by atoms with Crippen LogP contribution in [0.4, 0.5) is 13.2 Å². The number of benzene rings is 2. The number of carbonyl (C=O) groups is 1. The number of nitrogens with two attached hydrogens (primary N) is 1. The third-order valence-electron chi connectivity index (χ3n) is 3.32. The highest BCUT2D eigenvalue weighted by Crippen LogP contribution is 2.37. The van der Waals surface area contributed by atoms with E-state index in [1.165, 1.54) is 12.1 Å². The highest BCUT2D eigenvalue weighted by Gasteiger charge is 2.33. The number of H-pyrrole nitrogens is 1. The molecule has 0 radical (unpaired) electrons. The van der Waals surface area contributed by atoms with Crippen molar-refractivity contribution in [2.24, 2.45) is 5.73 Å². The van der Waals surface area contributed by atoms with E-state index in [9.17, 15) is 18.0 Å². The minimum Gasteiger partial charge on any atom is -0.363 e. The van der Waals surface area contributed by atoms with Crippen molar-refractivity contribution >= 4 is 28.5 Å². The number of hydrogen-bond acceptors (Lipinski definition) is 2. The molecule has 118 valence electrons. The van der Waals surface area contributed by atoms with Gasteiger partial charge in [0.2, 0.25) is 0 Å². The number of halogens is 4. The van der Waals surface area contributed by atoms with Crippen LogP contribution in [0.5, 0.6) is 0 Å². The molecule has 0 bridgehead atoms. The fraction of sp³-hybridized carbons (Fsp3) is 0.0667. The van der Waals surface area contributed by atoms with Gasteiger partial charge in [-0.05, 0) is 35.4 Å². The second-order valence-corrected chi connectivity index (χ2v) is 5.28. The fourth-order valence-corrected chi connectivity index (χ4v) is 2.51. The summed E-state index contributed by atoms with van der Waals surface area (Å²) in [6.45, 7) is 0. The van der Waals surface area contributed by atoms with Crippen LogP contribution >= 0.6 is 11.6 Å². The number of carbonyl (C=O) groups excluding carboxylic acids is 1. The Kier molecular flexibility index (Phi) is 3.52. The minimum atomic E-state index is -4.50. The van der Waals surface area contributed by atoms with E-state index in [4.69, 9.17) is 17.3 Å². The molecule has 23 heavy (non-hydrogen) atoms. The van der Waals surface area contributed by atoms with Crippen LogP contribution in [-0.4, -0.2) is 15.9 Å². The van der Waals surface area contributed by atoms with Gasteiger partial charge in [0.25, 0.3) is 5.91 Å². The first-order valence-corrected chi connectivity index (χ1v) is 6.80. The van der Waals surface area contributed by atoms with Crippen LogP contribution in [0.3, 0.4) is 0 Å². The summed E-state index contributed by atoms with van der Waals surface area (Å²) >= 11 is 5.72. The molecule has 1 aromatic heterocycles. The van der Waals surface area contributed by atoms with Gasteiger partial charge in [-0.2, -0.15) is 13.2 Å². The zero-order valence-corrected chi connectivity index (χ0v) is 12.2. The Morgan fingerprint density at radius 1 is 1.13 bits per heavy atom. The summed E-state index contributed by atoms with van der Waals surface area (Å²) in [4.78, 5) is 17.9. The van der Waals surface area contributed by atoms with E-state index < -0.39 is 17.6 Å². The zero-order valence-electron chi connectivity index (χ0n) is 11.4. The largest absolute Gasteiger partial charge is 0.417 e. The van der Waals surface area contributed by atoms with Gasteiger partial charge in [0.15, 0.2) is 5.82 Å². The van der Waals surface area contributed by atoms with Crippen molar-refractivity contribution in [3.05, 3.63) is 52.8 Å². The number of imidazole rings is 1. The van der Waals surface area contributed by atoms with Crippen molar-refractivity contribution in [3.63, 3.8) is 0 Å². The predicted octanol–water partition coefficient (Wildman–Crippen LogP) is 4.00. The van der Waals surface area contributed by atoms with E-state index in [1.54, 1.807) is 18.2 Å². The van der Waals surface area contributed by atoms with Crippen LogP contribution in [0.15, 0.2) is 36.4 Å². The fourth-order valence-electron chi connectivity index (χ4n) is 2.23. The maximum Gasteiger partial charge on any atom is 0.417 e. The van der Waals surface area contributed by atoms with Gasteiger partial charge < -0.3 is 10.7 Å². The molecule has 0 saturated carbocycles. The van der Waals surface area contributed by atoms with Gasteiger partial charge in [-0.15, -0.1) is 0 Å². The second kappa shape index (κ2) is 5.27. The topological polar surface area (TPSA) is 71.8 Å². The number of amides is 1. The molecule has 0 aliphatic heterocycles. The van der Waals surface area contributed by atoms with Crippen molar-refractivity contribution in [1.29, 1.82) is 0 Å². The van der Waals surface area contributed by atoms with Crippen molar-refractivity contribution in [2.75, 3.05) is 0 Å². The number of nitrogens with one attached hydrogen (secondary N) is 1. The van der Waals surface area contributed by atoms with Crippen molar-refractivity contribution < 1.29 is 18.0 Å². The molecule has 3 rings (SSSR count). The van der Waals surface area contributed by atoms with Crippen molar-refractivity contribution in [2.45, 2.75) is 6.18 Å². The maximum absolute atomic E-state index is 12.7. The molecular formula is C15H9ClF3N3O. The molecule has 0 aliphatic carbocycles. The lowest BCUT2D eigenvalue weighted by Gasteiger charge is -2.10. The Morgan fingerprint density at radius 3 is 2.39 bits per heavy atom. The lowest BCUT2D eigenvalue weighted by Crippen LogP contribution is -2.12. The summed E-state index contributed by atoms with van der Waals surface area (Å²) in [5.74, 6) is -0.678. The molecule has 4 nitrogen and oxygen atoms in total. The van der Waals surface area contributed by atoms with Crippen molar-refractivity contribution in [3.8, 4) is 11.1 Å². The average Bonchev–Trinajstić information content (AvgIpc) is 2.89. The number of primary amides is 1. The van der Waals surface area contributed by atoms with Gasteiger partial charge in [0.1, 0.15) is 0 Å². The van der Waals surface area contributed by atoms with Crippen LogP contribution in [0.1, 0.15) is 16.2 Å². The molecule has 1 heterocycles. The Balaban J connectivity index is 2.06. The van der Waals surface area contributed by atoms with Gasteiger partial charge in [0, 0.05) is 0 Å². The maximum atomic E-state index is 12.7. The monoisotopic (exact) mass is 339 g/mol. The van der Waals surface area contributed by atoms with Gasteiger partial charge in [-0.3, -0.25) is 4.79 Å². The second-order valence-electron chi connectivity index (χ2n) is 4.87. The molecule has 0 aliphatic rings. The molecule has 3 N–H and O–H groups in total. The van der Waals surface area contributed by atoms with Gasteiger partial charge in [-0.25, -0.2) is 4.98 Å². The SMILES string of the molecule is NC(=O)c1nc2cc(-c3ccc(C(F)(F)F)c(Cl)c3)ccc2[nH]1.